The van der Waals surface area contributed by atoms with E-state index in [2.05, 4.69) is 36.8 Å². The molecule has 1 heterocycles. The van der Waals surface area contributed by atoms with E-state index in [4.69, 9.17) is 4.42 Å². The first-order valence-electron chi connectivity index (χ1n) is 6.39. The second-order valence-corrected chi connectivity index (χ2v) is 5.79. The number of thioether (sulfide) groups is 1. The number of rotatable bonds is 4. The largest absolute Gasteiger partial charge is 0.463 e. The summed E-state index contributed by atoms with van der Waals surface area (Å²) in [6.07, 6.45) is 0. The summed E-state index contributed by atoms with van der Waals surface area (Å²) in [6, 6.07) is 8.27. The molecule has 0 aliphatic rings. The highest BCUT2D eigenvalue weighted by molar-refractivity contribution is 7.98. The van der Waals surface area contributed by atoms with Gasteiger partial charge in [-0.2, -0.15) is 0 Å². The van der Waals surface area contributed by atoms with E-state index in [1.54, 1.807) is 11.8 Å². The predicted octanol–water partition coefficient (Wildman–Crippen LogP) is 4.28. The summed E-state index contributed by atoms with van der Waals surface area (Å²) in [7, 11) is 1.36. The Morgan fingerprint density at radius 1 is 1.20 bits per heavy atom. The Labute approximate surface area is 123 Å². The monoisotopic (exact) mass is 290 g/mol. The first-order valence-corrected chi connectivity index (χ1v) is 7.37. The third-order valence-electron chi connectivity index (χ3n) is 3.04. The number of benzene rings is 1. The molecule has 0 aliphatic carbocycles. The lowest BCUT2D eigenvalue weighted by atomic mass is 10.2. The molecule has 0 fully saturated rings. The Balaban J connectivity index is 2.09. The lowest BCUT2D eigenvalue weighted by molar-refractivity contribution is 0.0562. The predicted molar refractivity (Wildman–Crippen MR) is 80.3 cm³/mol. The first-order chi connectivity index (χ1) is 9.51. The lowest BCUT2D eigenvalue weighted by Crippen LogP contribution is -2.00. The molecular formula is C16H18O3S. The smallest absolute Gasteiger partial charge is 0.374 e. The van der Waals surface area contributed by atoms with Crippen LogP contribution in [0.5, 0.6) is 0 Å². The zero-order valence-electron chi connectivity index (χ0n) is 12.1. The molecule has 0 saturated carbocycles. The molecule has 0 unspecified atom stereocenters. The van der Waals surface area contributed by atoms with E-state index in [9.17, 15) is 4.79 Å². The number of esters is 1. The molecule has 2 aromatic rings. The van der Waals surface area contributed by atoms with Crippen LogP contribution in [-0.2, 0) is 10.5 Å². The molecule has 20 heavy (non-hydrogen) atoms. The molecule has 0 atom stereocenters. The summed E-state index contributed by atoms with van der Waals surface area (Å²) in [4.78, 5) is 12.7. The molecule has 4 heteroatoms. The zero-order chi connectivity index (χ0) is 14.7. The van der Waals surface area contributed by atoms with Crippen molar-refractivity contribution in [1.29, 1.82) is 0 Å². The van der Waals surface area contributed by atoms with Gasteiger partial charge in [0.25, 0.3) is 0 Å². The van der Waals surface area contributed by atoms with Crippen molar-refractivity contribution < 1.29 is 13.9 Å². The summed E-state index contributed by atoms with van der Waals surface area (Å²) in [5.74, 6) is 1.35. The molecule has 0 aliphatic heterocycles. The van der Waals surface area contributed by atoms with Crippen molar-refractivity contribution in [2.75, 3.05) is 7.11 Å². The molecular weight excluding hydrogens is 272 g/mol. The second kappa shape index (κ2) is 6.18. The van der Waals surface area contributed by atoms with Crippen LogP contribution in [0.1, 0.15) is 33.0 Å². The molecule has 0 spiro atoms. The van der Waals surface area contributed by atoms with E-state index in [1.165, 1.54) is 23.1 Å². The maximum Gasteiger partial charge on any atom is 0.374 e. The van der Waals surface area contributed by atoms with Gasteiger partial charge in [0.2, 0.25) is 5.76 Å². The van der Waals surface area contributed by atoms with Crippen LogP contribution in [0.4, 0.5) is 0 Å². The van der Waals surface area contributed by atoms with Crippen molar-refractivity contribution in [3.8, 4) is 0 Å². The molecule has 2 rings (SSSR count). The number of ether oxygens (including phenoxy) is 1. The van der Waals surface area contributed by atoms with Crippen molar-refractivity contribution in [3.63, 3.8) is 0 Å². The van der Waals surface area contributed by atoms with Crippen LogP contribution in [0.25, 0.3) is 0 Å². The van der Waals surface area contributed by atoms with E-state index in [-0.39, 0.29) is 0 Å². The molecule has 0 amide bonds. The topological polar surface area (TPSA) is 39.4 Å². The molecule has 0 radical (unpaired) electrons. The van der Waals surface area contributed by atoms with Gasteiger partial charge < -0.3 is 9.15 Å². The minimum absolute atomic E-state index is 0.295. The van der Waals surface area contributed by atoms with Gasteiger partial charge in [-0.05, 0) is 38.5 Å². The number of aryl methyl sites for hydroxylation is 3. The van der Waals surface area contributed by atoms with Gasteiger partial charge in [-0.3, -0.25) is 0 Å². The third kappa shape index (κ3) is 3.25. The second-order valence-electron chi connectivity index (χ2n) is 4.77. The Kier molecular flexibility index (Phi) is 4.55. The fraction of sp³-hybridized carbons (Fsp3) is 0.312. The van der Waals surface area contributed by atoms with E-state index < -0.39 is 5.97 Å². The van der Waals surface area contributed by atoms with E-state index in [1.807, 2.05) is 13.0 Å². The van der Waals surface area contributed by atoms with Gasteiger partial charge in [-0.25, -0.2) is 4.79 Å². The highest BCUT2D eigenvalue weighted by atomic mass is 32.2. The van der Waals surface area contributed by atoms with Gasteiger partial charge in [-0.1, -0.05) is 17.7 Å². The highest BCUT2D eigenvalue weighted by Gasteiger charge is 2.16. The standard InChI is InChI=1S/C16H18O3S/c1-10-5-6-14(11(2)7-10)20-9-13-8-12(3)15(19-13)16(17)18-4/h5-8H,9H2,1-4H3. The van der Waals surface area contributed by atoms with E-state index in [0.717, 1.165) is 11.3 Å². The highest BCUT2D eigenvalue weighted by Crippen LogP contribution is 2.28. The lowest BCUT2D eigenvalue weighted by Gasteiger charge is -2.05. The number of furan rings is 1. The average Bonchev–Trinajstić information content (AvgIpc) is 2.78. The quantitative estimate of drug-likeness (QED) is 0.622. The molecule has 3 nitrogen and oxygen atoms in total. The fourth-order valence-corrected chi connectivity index (χ4v) is 2.92. The number of hydrogen-bond donors (Lipinski definition) is 0. The van der Waals surface area contributed by atoms with Gasteiger partial charge in [0, 0.05) is 10.5 Å². The Bertz CT molecular complexity index is 629. The first kappa shape index (κ1) is 14.7. The Hall–Kier alpha value is -1.68. The van der Waals surface area contributed by atoms with Crippen LogP contribution >= 0.6 is 11.8 Å². The normalized spacial score (nSPS) is 10.6. The zero-order valence-corrected chi connectivity index (χ0v) is 13.0. The average molecular weight is 290 g/mol. The Morgan fingerprint density at radius 3 is 2.60 bits per heavy atom. The van der Waals surface area contributed by atoms with Gasteiger partial charge in [0.1, 0.15) is 5.76 Å². The van der Waals surface area contributed by atoms with E-state index in [0.29, 0.717) is 11.5 Å². The van der Waals surface area contributed by atoms with Gasteiger partial charge in [-0.15, -0.1) is 11.8 Å². The Morgan fingerprint density at radius 2 is 1.95 bits per heavy atom. The van der Waals surface area contributed by atoms with Crippen molar-refractivity contribution in [2.45, 2.75) is 31.4 Å². The van der Waals surface area contributed by atoms with Crippen LogP contribution in [0.2, 0.25) is 0 Å². The number of hydrogen-bond acceptors (Lipinski definition) is 4. The number of carbonyl (C=O) groups is 1. The van der Waals surface area contributed by atoms with Gasteiger partial charge in [0.15, 0.2) is 0 Å². The third-order valence-corrected chi connectivity index (χ3v) is 4.24. The molecule has 0 bridgehead atoms. The molecule has 1 aromatic carbocycles. The van der Waals surface area contributed by atoms with Crippen LogP contribution in [0.15, 0.2) is 33.6 Å². The number of methoxy groups -OCH3 is 1. The van der Waals surface area contributed by atoms with Crippen molar-refractivity contribution in [1.82, 2.24) is 0 Å². The van der Waals surface area contributed by atoms with E-state index >= 15 is 0 Å². The van der Waals surface area contributed by atoms with Gasteiger partial charge in [0.05, 0.1) is 12.9 Å². The number of carbonyl (C=O) groups excluding carboxylic acids is 1. The minimum Gasteiger partial charge on any atom is -0.463 e. The maximum absolute atomic E-state index is 11.5. The maximum atomic E-state index is 11.5. The molecule has 106 valence electrons. The van der Waals surface area contributed by atoms with Crippen molar-refractivity contribution in [2.24, 2.45) is 0 Å². The fourth-order valence-electron chi connectivity index (χ4n) is 2.02. The molecule has 0 saturated heterocycles. The SMILES string of the molecule is COC(=O)c1oc(CSc2ccc(C)cc2C)cc1C. The van der Waals surface area contributed by atoms with Crippen LogP contribution in [0, 0.1) is 20.8 Å². The van der Waals surface area contributed by atoms with Crippen LogP contribution in [0.3, 0.4) is 0 Å². The summed E-state index contributed by atoms with van der Waals surface area (Å²) in [5, 5.41) is 0. The summed E-state index contributed by atoms with van der Waals surface area (Å²) >= 11 is 1.70. The summed E-state index contributed by atoms with van der Waals surface area (Å²) < 4.78 is 10.2. The summed E-state index contributed by atoms with van der Waals surface area (Å²) in [5.41, 5.74) is 3.33. The minimum atomic E-state index is -0.426. The summed E-state index contributed by atoms with van der Waals surface area (Å²) in [6.45, 7) is 6.03. The van der Waals surface area contributed by atoms with Crippen molar-refractivity contribution >= 4 is 17.7 Å². The van der Waals surface area contributed by atoms with Gasteiger partial charge >= 0.3 is 5.97 Å². The molecule has 1 aromatic heterocycles. The van der Waals surface area contributed by atoms with Crippen LogP contribution < -0.4 is 0 Å². The molecule has 0 N–H and O–H groups in total. The van der Waals surface area contributed by atoms with Crippen LogP contribution in [-0.4, -0.2) is 13.1 Å². The van der Waals surface area contributed by atoms with Crippen molar-refractivity contribution in [3.05, 3.63) is 52.5 Å².